The highest BCUT2D eigenvalue weighted by Crippen LogP contribution is 2.31. The monoisotopic (exact) mass is 248 g/mol. The highest BCUT2D eigenvalue weighted by molar-refractivity contribution is 6.33. The van der Waals surface area contributed by atoms with Gasteiger partial charge < -0.3 is 4.74 Å². The van der Waals surface area contributed by atoms with Crippen LogP contribution in [0.15, 0.2) is 12.1 Å². The molecular formula is C10H7ClF2O3. The van der Waals surface area contributed by atoms with Gasteiger partial charge in [-0.25, -0.2) is 0 Å². The Morgan fingerprint density at radius 3 is 2.56 bits per heavy atom. The topological polar surface area (TPSA) is 43.4 Å². The van der Waals surface area contributed by atoms with Crippen molar-refractivity contribution < 1.29 is 23.1 Å². The number of benzene rings is 1. The van der Waals surface area contributed by atoms with Gasteiger partial charge in [0.1, 0.15) is 0 Å². The average molecular weight is 249 g/mol. The lowest BCUT2D eigenvalue weighted by Crippen LogP contribution is -2.06. The Kier molecular flexibility index (Phi) is 3.95. The van der Waals surface area contributed by atoms with Gasteiger partial charge in [-0.3, -0.25) is 9.59 Å². The van der Waals surface area contributed by atoms with Gasteiger partial charge in [0.2, 0.25) is 0 Å². The van der Waals surface area contributed by atoms with Crippen LogP contribution >= 0.6 is 11.6 Å². The summed E-state index contributed by atoms with van der Waals surface area (Å²) in [7, 11) is 0. The summed E-state index contributed by atoms with van der Waals surface area (Å²) in [6.45, 7) is -1.81. The fourth-order valence-electron chi connectivity index (χ4n) is 1.12. The van der Waals surface area contributed by atoms with Gasteiger partial charge in [-0.05, 0) is 19.1 Å². The number of Topliss-reactive ketones (excluding diaryl/α,β-unsaturated/α-hetero) is 1. The molecule has 86 valence electrons. The van der Waals surface area contributed by atoms with E-state index in [0.29, 0.717) is 6.29 Å². The van der Waals surface area contributed by atoms with Crippen LogP contribution in [0.3, 0.4) is 0 Å². The molecule has 1 aromatic carbocycles. The van der Waals surface area contributed by atoms with E-state index in [1.54, 1.807) is 0 Å². The second-order valence-corrected chi connectivity index (χ2v) is 3.34. The van der Waals surface area contributed by atoms with Crippen molar-refractivity contribution >= 4 is 23.7 Å². The van der Waals surface area contributed by atoms with Crippen molar-refractivity contribution in [3.8, 4) is 5.75 Å². The molecule has 0 amide bonds. The number of carbonyl (C=O) groups excluding carboxylic acids is 2. The minimum absolute atomic E-state index is 0.161. The molecule has 1 rings (SSSR count). The lowest BCUT2D eigenvalue weighted by atomic mass is 10.1. The lowest BCUT2D eigenvalue weighted by molar-refractivity contribution is -0.0500. The molecule has 0 aliphatic rings. The highest BCUT2D eigenvalue weighted by Gasteiger charge is 2.16. The molecule has 0 radical (unpaired) electrons. The van der Waals surface area contributed by atoms with E-state index in [4.69, 9.17) is 11.6 Å². The van der Waals surface area contributed by atoms with E-state index in [2.05, 4.69) is 4.74 Å². The summed E-state index contributed by atoms with van der Waals surface area (Å²) in [5.74, 6) is -0.745. The molecule has 0 N–H and O–H groups in total. The van der Waals surface area contributed by atoms with Crippen LogP contribution in [0.5, 0.6) is 5.75 Å². The number of ketones is 1. The quantitative estimate of drug-likeness (QED) is 0.608. The van der Waals surface area contributed by atoms with E-state index in [0.717, 1.165) is 6.07 Å². The SMILES string of the molecule is CC(=O)c1cc(Cl)c(OC(F)F)c(C=O)c1. The van der Waals surface area contributed by atoms with Crippen molar-refractivity contribution in [2.75, 3.05) is 0 Å². The molecule has 0 atom stereocenters. The van der Waals surface area contributed by atoms with Crippen LogP contribution < -0.4 is 4.74 Å². The van der Waals surface area contributed by atoms with Crippen LogP contribution in [-0.4, -0.2) is 18.7 Å². The summed E-state index contributed by atoms with van der Waals surface area (Å²) < 4.78 is 28.1. The smallest absolute Gasteiger partial charge is 0.387 e. The van der Waals surface area contributed by atoms with E-state index in [1.165, 1.54) is 13.0 Å². The van der Waals surface area contributed by atoms with Crippen molar-refractivity contribution in [1.29, 1.82) is 0 Å². The third kappa shape index (κ3) is 2.76. The molecular weight excluding hydrogens is 242 g/mol. The zero-order valence-electron chi connectivity index (χ0n) is 8.17. The fraction of sp³-hybridized carbons (Fsp3) is 0.200. The molecule has 3 nitrogen and oxygen atoms in total. The maximum atomic E-state index is 12.0. The molecule has 0 unspecified atom stereocenters. The summed E-state index contributed by atoms with van der Waals surface area (Å²) >= 11 is 5.63. The van der Waals surface area contributed by atoms with Gasteiger partial charge in [-0.2, -0.15) is 8.78 Å². The minimum Gasteiger partial charge on any atom is -0.432 e. The number of aldehydes is 1. The third-order valence-electron chi connectivity index (χ3n) is 1.81. The number of hydrogen-bond acceptors (Lipinski definition) is 3. The van der Waals surface area contributed by atoms with Gasteiger partial charge in [0.25, 0.3) is 0 Å². The number of ether oxygens (including phenoxy) is 1. The number of rotatable bonds is 4. The van der Waals surface area contributed by atoms with E-state index in [1.807, 2.05) is 0 Å². The van der Waals surface area contributed by atoms with Crippen molar-refractivity contribution in [1.82, 2.24) is 0 Å². The van der Waals surface area contributed by atoms with Gasteiger partial charge in [-0.1, -0.05) is 11.6 Å². The lowest BCUT2D eigenvalue weighted by Gasteiger charge is -2.10. The van der Waals surface area contributed by atoms with Crippen LogP contribution in [0, 0.1) is 0 Å². The van der Waals surface area contributed by atoms with Crippen LogP contribution in [0.4, 0.5) is 8.78 Å². The maximum absolute atomic E-state index is 12.0. The molecule has 0 fully saturated rings. The van der Waals surface area contributed by atoms with Crippen LogP contribution in [0.2, 0.25) is 5.02 Å². The van der Waals surface area contributed by atoms with Crippen molar-refractivity contribution in [3.63, 3.8) is 0 Å². The first-order chi connectivity index (χ1) is 7.45. The summed E-state index contributed by atoms with van der Waals surface area (Å²) in [6, 6.07) is 2.33. The summed E-state index contributed by atoms with van der Waals surface area (Å²) in [4.78, 5) is 21.7. The second kappa shape index (κ2) is 5.03. The summed E-state index contributed by atoms with van der Waals surface area (Å²) in [5.41, 5.74) is -0.0216. The summed E-state index contributed by atoms with van der Waals surface area (Å²) in [5, 5.41) is -0.199. The number of carbonyl (C=O) groups is 2. The summed E-state index contributed by atoms with van der Waals surface area (Å²) in [6.07, 6.45) is 0.302. The molecule has 6 heteroatoms. The molecule has 0 aromatic heterocycles. The van der Waals surface area contributed by atoms with Gasteiger partial charge >= 0.3 is 6.61 Å². The zero-order valence-corrected chi connectivity index (χ0v) is 8.92. The molecule has 0 spiro atoms. The minimum atomic E-state index is -3.08. The predicted octanol–water partition coefficient (Wildman–Crippen LogP) is 2.96. The van der Waals surface area contributed by atoms with E-state index < -0.39 is 12.4 Å². The number of alkyl halides is 2. The Morgan fingerprint density at radius 1 is 1.50 bits per heavy atom. The van der Waals surface area contributed by atoms with Crippen LogP contribution in [-0.2, 0) is 0 Å². The first-order valence-electron chi connectivity index (χ1n) is 4.20. The Morgan fingerprint density at radius 2 is 2.12 bits per heavy atom. The van der Waals surface area contributed by atoms with Gasteiger partial charge in [0.05, 0.1) is 10.6 Å². The molecule has 0 saturated heterocycles. The first kappa shape index (κ1) is 12.6. The fourth-order valence-corrected chi connectivity index (χ4v) is 1.39. The highest BCUT2D eigenvalue weighted by atomic mass is 35.5. The number of halogens is 3. The van der Waals surface area contributed by atoms with Crippen molar-refractivity contribution in [2.24, 2.45) is 0 Å². The maximum Gasteiger partial charge on any atom is 0.387 e. The molecule has 0 aliphatic heterocycles. The predicted molar refractivity (Wildman–Crippen MR) is 53.5 cm³/mol. The van der Waals surface area contributed by atoms with E-state index in [-0.39, 0.29) is 21.9 Å². The Hall–Kier alpha value is -1.49. The zero-order chi connectivity index (χ0) is 12.3. The third-order valence-corrected chi connectivity index (χ3v) is 2.09. The van der Waals surface area contributed by atoms with E-state index in [9.17, 15) is 18.4 Å². The molecule has 0 aliphatic carbocycles. The van der Waals surface area contributed by atoms with Gasteiger partial charge in [-0.15, -0.1) is 0 Å². The standard InChI is InChI=1S/C10H7ClF2O3/c1-5(15)6-2-7(4-14)9(8(11)3-6)16-10(12)13/h2-4,10H,1H3. The van der Waals surface area contributed by atoms with E-state index >= 15 is 0 Å². The van der Waals surface area contributed by atoms with Gasteiger partial charge in [0, 0.05) is 5.56 Å². The first-order valence-corrected chi connectivity index (χ1v) is 4.58. The molecule has 1 aromatic rings. The average Bonchev–Trinajstić information content (AvgIpc) is 2.19. The second-order valence-electron chi connectivity index (χ2n) is 2.93. The Labute approximate surface area is 95.0 Å². The van der Waals surface area contributed by atoms with Crippen LogP contribution in [0.1, 0.15) is 27.6 Å². The van der Waals surface area contributed by atoms with Crippen molar-refractivity contribution in [2.45, 2.75) is 13.5 Å². The Balaban J connectivity index is 3.28. The van der Waals surface area contributed by atoms with Gasteiger partial charge in [0.15, 0.2) is 17.8 Å². The molecule has 0 bridgehead atoms. The molecule has 0 saturated carbocycles. The van der Waals surface area contributed by atoms with Crippen molar-refractivity contribution in [3.05, 3.63) is 28.3 Å². The Bertz CT molecular complexity index is 432. The van der Waals surface area contributed by atoms with Crippen LogP contribution in [0.25, 0.3) is 0 Å². The molecule has 16 heavy (non-hydrogen) atoms. The number of hydrogen-bond donors (Lipinski definition) is 0. The normalized spacial score (nSPS) is 10.3. The largest absolute Gasteiger partial charge is 0.432 e. The molecule has 0 heterocycles.